The van der Waals surface area contributed by atoms with Crippen LogP contribution in [-0.4, -0.2) is 65.0 Å². The minimum atomic E-state index is -1.14. The van der Waals surface area contributed by atoms with Crippen LogP contribution in [0.5, 0.6) is 0 Å². The molecule has 184 valence electrons. The maximum atomic E-state index is 13.1. The van der Waals surface area contributed by atoms with Crippen molar-refractivity contribution in [2.24, 2.45) is 11.7 Å². The van der Waals surface area contributed by atoms with Crippen molar-refractivity contribution in [2.75, 3.05) is 12.0 Å². The summed E-state index contributed by atoms with van der Waals surface area (Å²) in [5.41, 5.74) is 6.42. The van der Waals surface area contributed by atoms with Gasteiger partial charge < -0.3 is 26.8 Å². The van der Waals surface area contributed by atoms with Gasteiger partial charge in [-0.1, -0.05) is 44.2 Å². The fraction of sp³-hybridized carbons (Fsp3) is 0.565. The number of rotatable bonds is 14. The van der Waals surface area contributed by atoms with Crippen LogP contribution in [0.1, 0.15) is 39.2 Å². The number of nitrogens with one attached hydrogen (secondary N) is 3. The third-order valence-electron chi connectivity index (χ3n) is 4.89. The predicted octanol–water partition coefficient (Wildman–Crippen LogP) is 0.915. The number of carbonyl (C=O) groups is 4. The molecule has 1 aromatic carbocycles. The van der Waals surface area contributed by atoms with Gasteiger partial charge in [0.15, 0.2) is 0 Å². The average Bonchev–Trinajstić information content (AvgIpc) is 2.75. The molecule has 0 aliphatic carbocycles. The number of hydrogen-bond donors (Lipinski definition) is 5. The van der Waals surface area contributed by atoms with E-state index in [1.807, 2.05) is 50.4 Å². The van der Waals surface area contributed by atoms with Gasteiger partial charge in [-0.2, -0.15) is 11.8 Å². The van der Waals surface area contributed by atoms with E-state index in [2.05, 4.69) is 16.0 Å². The van der Waals surface area contributed by atoms with Crippen LogP contribution in [0.15, 0.2) is 30.3 Å². The van der Waals surface area contributed by atoms with Gasteiger partial charge in [-0.15, -0.1) is 0 Å². The second-order valence-electron chi connectivity index (χ2n) is 8.41. The Morgan fingerprint density at radius 2 is 1.45 bits per heavy atom. The van der Waals surface area contributed by atoms with Crippen molar-refractivity contribution in [3.63, 3.8) is 0 Å². The molecule has 0 bridgehead atoms. The molecule has 0 radical (unpaired) electrons. The number of amides is 3. The number of carboxylic acid groups (broad SMARTS) is 1. The van der Waals surface area contributed by atoms with E-state index >= 15 is 0 Å². The van der Waals surface area contributed by atoms with Crippen LogP contribution in [0.25, 0.3) is 0 Å². The number of thioether (sulfide) groups is 1. The van der Waals surface area contributed by atoms with Crippen molar-refractivity contribution < 1.29 is 24.3 Å². The molecular formula is C23H36N4O5S. The summed E-state index contributed by atoms with van der Waals surface area (Å²) in [5.74, 6) is -2.06. The third-order valence-corrected chi connectivity index (χ3v) is 5.54. The summed E-state index contributed by atoms with van der Waals surface area (Å²) < 4.78 is 0. The van der Waals surface area contributed by atoms with Gasteiger partial charge in [-0.25, -0.2) is 4.79 Å². The van der Waals surface area contributed by atoms with Crippen LogP contribution in [0.2, 0.25) is 0 Å². The van der Waals surface area contributed by atoms with Gasteiger partial charge in [0, 0.05) is 6.42 Å². The summed E-state index contributed by atoms with van der Waals surface area (Å²) in [7, 11) is 0. The Kier molecular flexibility index (Phi) is 12.5. The van der Waals surface area contributed by atoms with Gasteiger partial charge in [0.25, 0.3) is 0 Å². The average molecular weight is 481 g/mol. The van der Waals surface area contributed by atoms with E-state index in [0.717, 1.165) is 5.56 Å². The quantitative estimate of drug-likeness (QED) is 0.266. The Balaban J connectivity index is 3.08. The lowest BCUT2D eigenvalue weighted by molar-refractivity contribution is -0.142. The van der Waals surface area contributed by atoms with Crippen molar-refractivity contribution in [2.45, 2.75) is 64.2 Å². The molecule has 4 unspecified atom stereocenters. The van der Waals surface area contributed by atoms with E-state index in [1.54, 1.807) is 0 Å². The number of carboxylic acids is 1. The molecule has 0 aliphatic rings. The Morgan fingerprint density at radius 3 is 1.97 bits per heavy atom. The lowest BCUT2D eigenvalue weighted by Crippen LogP contribution is -2.57. The van der Waals surface area contributed by atoms with Gasteiger partial charge in [0.05, 0.1) is 6.04 Å². The number of carbonyl (C=O) groups excluding carboxylic acids is 3. The van der Waals surface area contributed by atoms with Gasteiger partial charge in [-0.05, 0) is 43.3 Å². The van der Waals surface area contributed by atoms with E-state index in [1.165, 1.54) is 18.7 Å². The smallest absolute Gasteiger partial charge is 0.326 e. The Hall–Kier alpha value is -2.59. The molecule has 1 rings (SSSR count). The molecular weight excluding hydrogens is 444 g/mol. The first kappa shape index (κ1) is 28.4. The highest BCUT2D eigenvalue weighted by atomic mass is 32.2. The minimum Gasteiger partial charge on any atom is -0.480 e. The molecule has 0 aromatic heterocycles. The highest BCUT2D eigenvalue weighted by Gasteiger charge is 2.30. The third kappa shape index (κ3) is 10.7. The second kappa shape index (κ2) is 14.5. The van der Waals surface area contributed by atoms with E-state index in [0.29, 0.717) is 12.2 Å². The summed E-state index contributed by atoms with van der Waals surface area (Å²) in [6, 6.07) is 5.36. The molecule has 3 amide bonds. The number of hydrogen-bond acceptors (Lipinski definition) is 6. The highest BCUT2D eigenvalue weighted by molar-refractivity contribution is 7.98. The van der Waals surface area contributed by atoms with Crippen LogP contribution in [0.3, 0.4) is 0 Å². The van der Waals surface area contributed by atoms with Crippen LogP contribution >= 0.6 is 11.8 Å². The van der Waals surface area contributed by atoms with E-state index in [4.69, 9.17) is 5.73 Å². The summed E-state index contributed by atoms with van der Waals surface area (Å²) in [5, 5.41) is 17.4. The van der Waals surface area contributed by atoms with E-state index < -0.39 is 47.9 Å². The van der Waals surface area contributed by atoms with Crippen molar-refractivity contribution >= 4 is 35.5 Å². The van der Waals surface area contributed by atoms with Crippen molar-refractivity contribution in [1.29, 1.82) is 0 Å². The molecule has 0 heterocycles. The molecule has 0 aliphatic heterocycles. The molecule has 1 aromatic rings. The van der Waals surface area contributed by atoms with Gasteiger partial charge in [0.2, 0.25) is 17.7 Å². The van der Waals surface area contributed by atoms with Crippen molar-refractivity contribution in [1.82, 2.24) is 16.0 Å². The Morgan fingerprint density at radius 1 is 0.909 bits per heavy atom. The second-order valence-corrected chi connectivity index (χ2v) is 9.40. The topological polar surface area (TPSA) is 151 Å². The molecule has 33 heavy (non-hydrogen) atoms. The molecule has 0 spiro atoms. The van der Waals surface area contributed by atoms with Crippen molar-refractivity contribution in [3.05, 3.63) is 35.9 Å². The zero-order chi connectivity index (χ0) is 25.0. The summed E-state index contributed by atoms with van der Waals surface area (Å²) >= 11 is 1.48. The van der Waals surface area contributed by atoms with Crippen LogP contribution in [-0.2, 0) is 25.6 Å². The monoisotopic (exact) mass is 480 g/mol. The van der Waals surface area contributed by atoms with Crippen LogP contribution in [0, 0.1) is 5.92 Å². The van der Waals surface area contributed by atoms with E-state index in [-0.39, 0.29) is 18.8 Å². The lowest BCUT2D eigenvalue weighted by Gasteiger charge is -2.26. The standard InChI is InChI=1S/C23H36N4O5S/c1-14(2)12-18(26-20(28)15(3)24)21(29)27-19(13-16-8-6-5-7-9-16)22(30)25-17(23(31)32)10-11-33-4/h5-9,14-15,17-19H,10-13,24H2,1-4H3,(H,25,30)(H,26,28)(H,27,29)(H,31,32). The Labute approximate surface area is 199 Å². The zero-order valence-corrected chi connectivity index (χ0v) is 20.5. The molecule has 6 N–H and O–H groups in total. The maximum Gasteiger partial charge on any atom is 0.326 e. The van der Waals surface area contributed by atoms with Gasteiger partial charge in [0.1, 0.15) is 18.1 Å². The van der Waals surface area contributed by atoms with Crippen molar-refractivity contribution in [3.8, 4) is 0 Å². The first-order valence-electron chi connectivity index (χ1n) is 11.0. The summed E-state index contributed by atoms with van der Waals surface area (Å²) in [6.45, 7) is 5.34. The van der Waals surface area contributed by atoms with Crippen LogP contribution in [0.4, 0.5) is 0 Å². The van der Waals surface area contributed by atoms with E-state index in [9.17, 15) is 24.3 Å². The molecule has 10 heteroatoms. The molecule has 0 fully saturated rings. The maximum absolute atomic E-state index is 13.1. The number of benzene rings is 1. The van der Waals surface area contributed by atoms with Crippen LogP contribution < -0.4 is 21.7 Å². The minimum absolute atomic E-state index is 0.0958. The lowest BCUT2D eigenvalue weighted by atomic mass is 10.0. The number of aliphatic carboxylic acids is 1. The summed E-state index contributed by atoms with van der Waals surface area (Å²) in [4.78, 5) is 49.8. The van der Waals surface area contributed by atoms with Gasteiger partial charge in [-0.3, -0.25) is 14.4 Å². The zero-order valence-electron chi connectivity index (χ0n) is 19.7. The number of nitrogens with two attached hydrogens (primary N) is 1. The van der Waals surface area contributed by atoms with Gasteiger partial charge >= 0.3 is 5.97 Å². The Bertz CT molecular complexity index is 788. The molecule has 9 nitrogen and oxygen atoms in total. The first-order chi connectivity index (χ1) is 15.5. The fourth-order valence-corrected chi connectivity index (χ4v) is 3.57. The fourth-order valence-electron chi connectivity index (χ4n) is 3.10. The molecule has 0 saturated heterocycles. The summed E-state index contributed by atoms with van der Waals surface area (Å²) in [6.07, 6.45) is 2.64. The SMILES string of the molecule is CSCCC(NC(=O)C(Cc1ccccc1)NC(=O)C(CC(C)C)NC(=O)C(C)N)C(=O)O. The molecule has 4 atom stereocenters. The first-order valence-corrected chi connectivity index (χ1v) is 12.4. The highest BCUT2D eigenvalue weighted by Crippen LogP contribution is 2.09. The molecule has 0 saturated carbocycles. The largest absolute Gasteiger partial charge is 0.480 e. The normalized spacial score (nSPS) is 14.6. The predicted molar refractivity (Wildman–Crippen MR) is 130 cm³/mol.